The summed E-state index contributed by atoms with van der Waals surface area (Å²) in [5.41, 5.74) is 3.64. The van der Waals surface area contributed by atoms with Crippen molar-refractivity contribution in [2.45, 2.75) is 35.7 Å². The number of aromatic nitrogens is 2. The highest BCUT2D eigenvalue weighted by Gasteiger charge is 2.32. The van der Waals surface area contributed by atoms with Crippen LogP contribution in [0, 0.1) is 0 Å². The Morgan fingerprint density at radius 2 is 1.65 bits per heavy atom. The van der Waals surface area contributed by atoms with Crippen molar-refractivity contribution in [1.29, 1.82) is 0 Å². The van der Waals surface area contributed by atoms with Crippen LogP contribution in [-0.2, 0) is 16.1 Å². The third-order valence-electron chi connectivity index (χ3n) is 6.02. The first kappa shape index (κ1) is 40.1. The molecule has 0 saturated carbocycles. The topological polar surface area (TPSA) is 135 Å². The Kier molecular flexibility index (Phi) is 14.9. The number of benzene rings is 3. The minimum absolute atomic E-state index is 0. The standard InChI is InChI=1S/C20H21BrClN5O2.C9H6ClNO3.3CH4/c1-11(28)24-13-5-12(10-27(2)3)6-14(7-13)25-20-23-9-15-18(22)16(21)8-17(29-4)19(15)26-20;1-14-5-3-2-4(10)6-7(5)11-9(13)8(6)12;;;/h5-9H,10H2,1-4H3,(H,24,28)(H,23,25,26);2-3H,1H3,(H,11,12,13);3*1H4. The van der Waals surface area contributed by atoms with Crippen LogP contribution >= 0.6 is 39.1 Å². The summed E-state index contributed by atoms with van der Waals surface area (Å²) in [5.74, 6) is -0.0178. The van der Waals surface area contributed by atoms with E-state index in [1.165, 1.54) is 20.1 Å². The maximum Gasteiger partial charge on any atom is 0.297 e. The third kappa shape index (κ3) is 9.06. The van der Waals surface area contributed by atoms with Crippen molar-refractivity contribution in [2.24, 2.45) is 0 Å². The smallest absolute Gasteiger partial charge is 0.297 e. The number of nitrogens with one attached hydrogen (secondary N) is 3. The molecule has 2 amide bonds. The van der Waals surface area contributed by atoms with Crippen LogP contribution < -0.4 is 25.4 Å². The fraction of sp³-hybridized carbons (Fsp3) is 0.281. The van der Waals surface area contributed by atoms with Crippen LogP contribution in [-0.4, -0.2) is 60.8 Å². The largest absolute Gasteiger partial charge is 0.495 e. The number of amides is 2. The zero-order chi connectivity index (χ0) is 31.4. The van der Waals surface area contributed by atoms with Gasteiger partial charge in [0.2, 0.25) is 11.9 Å². The predicted molar refractivity (Wildman–Crippen MR) is 191 cm³/mol. The molecule has 3 aromatic carbocycles. The van der Waals surface area contributed by atoms with Gasteiger partial charge in [-0.15, -0.1) is 0 Å². The molecule has 46 heavy (non-hydrogen) atoms. The van der Waals surface area contributed by atoms with Crippen molar-refractivity contribution < 1.29 is 23.9 Å². The maximum absolute atomic E-state index is 11.5. The SMILES string of the molecule is C.C.C.COc1cc(Br)c(Cl)c2cnc(Nc3cc(CN(C)C)cc(NC(C)=O)c3)nc12.COc1ccc(Cl)c2c1NC(=O)C2=O. The molecule has 1 aliphatic rings. The Morgan fingerprint density at radius 3 is 2.26 bits per heavy atom. The van der Waals surface area contributed by atoms with Crippen LogP contribution in [0.4, 0.5) is 23.0 Å². The van der Waals surface area contributed by atoms with Gasteiger partial charge >= 0.3 is 0 Å². The molecule has 0 radical (unpaired) electrons. The lowest BCUT2D eigenvalue weighted by atomic mass is 10.1. The Labute approximate surface area is 288 Å². The second-order valence-corrected chi connectivity index (χ2v) is 11.2. The van der Waals surface area contributed by atoms with Gasteiger partial charge in [0.15, 0.2) is 0 Å². The van der Waals surface area contributed by atoms with E-state index in [4.69, 9.17) is 32.7 Å². The maximum atomic E-state index is 11.5. The molecule has 14 heteroatoms. The number of nitrogens with zero attached hydrogens (tertiary/aromatic N) is 3. The molecule has 1 aliphatic heterocycles. The Bertz CT molecular complexity index is 1750. The third-order valence-corrected chi connectivity index (χ3v) is 7.60. The molecule has 1 aromatic heterocycles. The van der Waals surface area contributed by atoms with E-state index in [-0.39, 0.29) is 38.8 Å². The molecule has 2 heterocycles. The molecule has 11 nitrogen and oxygen atoms in total. The van der Waals surface area contributed by atoms with Gasteiger partial charge in [0, 0.05) is 40.9 Å². The van der Waals surface area contributed by atoms with Crippen LogP contribution in [0.3, 0.4) is 0 Å². The summed E-state index contributed by atoms with van der Waals surface area (Å²) in [4.78, 5) is 44.9. The van der Waals surface area contributed by atoms with Gasteiger partial charge in [0.1, 0.15) is 17.0 Å². The van der Waals surface area contributed by atoms with Crippen LogP contribution in [0.1, 0.15) is 45.1 Å². The van der Waals surface area contributed by atoms with Crippen molar-refractivity contribution in [3.63, 3.8) is 0 Å². The van der Waals surface area contributed by atoms with Crippen LogP contribution in [0.5, 0.6) is 11.5 Å². The molecule has 0 spiro atoms. The molecule has 0 atom stereocenters. The minimum Gasteiger partial charge on any atom is -0.495 e. The number of anilines is 4. The molecular formula is C32H39BrCl2N6O5. The summed E-state index contributed by atoms with van der Waals surface area (Å²) in [6.45, 7) is 2.20. The number of ketones is 1. The van der Waals surface area contributed by atoms with Crippen LogP contribution in [0.15, 0.2) is 47.1 Å². The second-order valence-electron chi connectivity index (χ2n) is 9.58. The van der Waals surface area contributed by atoms with Gasteiger partial charge in [-0.2, -0.15) is 0 Å². The van der Waals surface area contributed by atoms with Crippen LogP contribution in [0.2, 0.25) is 10.0 Å². The number of hydrogen-bond donors (Lipinski definition) is 3. The zero-order valence-corrected chi connectivity index (χ0v) is 26.9. The quantitative estimate of drug-likeness (QED) is 0.160. The summed E-state index contributed by atoms with van der Waals surface area (Å²) in [6.07, 6.45) is 1.65. The lowest BCUT2D eigenvalue weighted by Gasteiger charge is -2.15. The molecule has 0 bridgehead atoms. The molecular weight excluding hydrogens is 699 g/mol. The summed E-state index contributed by atoms with van der Waals surface area (Å²) < 4.78 is 11.1. The van der Waals surface area contributed by atoms with E-state index in [1.54, 1.807) is 25.4 Å². The molecule has 0 unspecified atom stereocenters. The molecule has 248 valence electrons. The number of halogens is 3. The van der Waals surface area contributed by atoms with Crippen molar-refractivity contribution in [2.75, 3.05) is 44.3 Å². The van der Waals surface area contributed by atoms with Crippen molar-refractivity contribution in [3.8, 4) is 11.5 Å². The van der Waals surface area contributed by atoms with Gasteiger partial charge in [-0.05, 0) is 72.0 Å². The molecule has 0 saturated heterocycles. The Morgan fingerprint density at radius 1 is 1.00 bits per heavy atom. The number of methoxy groups -OCH3 is 2. The number of hydrogen-bond acceptors (Lipinski definition) is 9. The lowest BCUT2D eigenvalue weighted by molar-refractivity contribution is -0.114. The van der Waals surface area contributed by atoms with E-state index < -0.39 is 11.7 Å². The summed E-state index contributed by atoms with van der Waals surface area (Å²) >= 11 is 15.6. The molecule has 5 rings (SSSR count). The van der Waals surface area contributed by atoms with Crippen molar-refractivity contribution in [1.82, 2.24) is 14.9 Å². The van der Waals surface area contributed by atoms with Crippen molar-refractivity contribution in [3.05, 3.63) is 68.2 Å². The van der Waals surface area contributed by atoms with E-state index in [9.17, 15) is 14.4 Å². The van der Waals surface area contributed by atoms with E-state index in [2.05, 4.69) is 41.8 Å². The first-order valence-corrected chi connectivity index (χ1v) is 14.2. The second kappa shape index (κ2) is 17.1. The fourth-order valence-electron chi connectivity index (χ4n) is 4.30. The van der Waals surface area contributed by atoms with E-state index in [0.717, 1.165) is 17.8 Å². The summed E-state index contributed by atoms with van der Waals surface area (Å²) in [7, 11) is 7.00. The zero-order valence-electron chi connectivity index (χ0n) is 23.8. The van der Waals surface area contributed by atoms with Gasteiger partial charge in [-0.1, -0.05) is 45.5 Å². The monoisotopic (exact) mass is 736 g/mol. The Hall–Kier alpha value is -3.97. The number of carbonyl (C=O) groups is 3. The van der Waals surface area contributed by atoms with Gasteiger partial charge in [-0.25, -0.2) is 9.97 Å². The number of rotatable bonds is 7. The van der Waals surface area contributed by atoms with Gasteiger partial charge in [0.05, 0.1) is 35.5 Å². The lowest BCUT2D eigenvalue weighted by Crippen LogP contribution is -2.12. The highest BCUT2D eigenvalue weighted by Crippen LogP contribution is 2.38. The minimum atomic E-state index is -0.675. The average Bonchev–Trinajstić information content (AvgIpc) is 3.25. The summed E-state index contributed by atoms with van der Waals surface area (Å²) in [5, 5.41) is 9.90. The molecule has 0 aliphatic carbocycles. The predicted octanol–water partition coefficient (Wildman–Crippen LogP) is 8.21. The normalized spacial score (nSPS) is 11.2. The number of fused-ring (bicyclic) bond motifs is 2. The highest BCUT2D eigenvalue weighted by molar-refractivity contribution is 9.10. The molecule has 0 fully saturated rings. The van der Waals surface area contributed by atoms with E-state index in [1.807, 2.05) is 37.2 Å². The number of ether oxygens (including phenoxy) is 2. The van der Waals surface area contributed by atoms with Crippen molar-refractivity contribution >= 4 is 90.6 Å². The average molecular weight is 739 g/mol. The fourth-order valence-corrected chi connectivity index (χ4v) is 5.16. The molecule has 3 N–H and O–H groups in total. The molecule has 4 aromatic rings. The van der Waals surface area contributed by atoms with Gasteiger partial charge in [0.25, 0.3) is 11.7 Å². The summed E-state index contributed by atoms with van der Waals surface area (Å²) in [6, 6.07) is 10.7. The van der Waals surface area contributed by atoms with E-state index in [0.29, 0.717) is 49.2 Å². The number of carbonyl (C=O) groups excluding carboxylic acids is 3. The van der Waals surface area contributed by atoms with Crippen LogP contribution in [0.25, 0.3) is 10.9 Å². The Balaban J connectivity index is 0.000000527. The number of Topliss-reactive ketones (excluding diaryl/α,β-unsaturated/α-hetero) is 1. The first-order valence-electron chi connectivity index (χ1n) is 12.7. The highest BCUT2D eigenvalue weighted by atomic mass is 79.9. The first-order chi connectivity index (χ1) is 20.4. The van der Waals surface area contributed by atoms with Gasteiger partial charge in [-0.3, -0.25) is 14.4 Å². The van der Waals surface area contributed by atoms with Gasteiger partial charge < -0.3 is 30.3 Å². The van der Waals surface area contributed by atoms with E-state index >= 15 is 0 Å².